The van der Waals surface area contributed by atoms with Crippen molar-refractivity contribution in [3.63, 3.8) is 0 Å². The average molecular weight is 649 g/mol. The normalized spacial score (nSPS) is 11.0. The van der Waals surface area contributed by atoms with Gasteiger partial charge in [-0.3, -0.25) is 0 Å². The minimum atomic E-state index is -2.38. The first-order valence-electron chi connectivity index (χ1n) is 15.1. The molecule has 0 aliphatic heterocycles. The van der Waals surface area contributed by atoms with Crippen LogP contribution in [0.4, 0.5) is 11.4 Å². The van der Waals surface area contributed by atoms with Crippen molar-refractivity contribution in [1.82, 2.24) is 0 Å². The lowest BCUT2D eigenvalue weighted by Crippen LogP contribution is -2.46. The number of rotatable bonds is 9. The predicted octanol–water partition coefficient (Wildman–Crippen LogP) is 5.76. The zero-order chi connectivity index (χ0) is 36.7. The smallest absolute Gasteiger partial charge is 0.204 e. The Morgan fingerprint density at radius 1 is 0.320 bits per heavy atom. The SMILES string of the molecule is CN(C)c1ccc(C(C#N)(C#N)c2ccc(C(C#N)(C#N)C(C#N)(C#N)c3ccc(C(C#N)(C#N)c4ccc(N(C)C)cc4)cc3)cc2)cc1. The maximum Gasteiger partial charge on any atom is 0.204 e. The molecule has 4 aromatic rings. The van der Waals surface area contributed by atoms with E-state index in [0.717, 1.165) is 11.4 Å². The van der Waals surface area contributed by atoms with E-state index >= 15 is 0 Å². The maximum absolute atomic E-state index is 10.6. The van der Waals surface area contributed by atoms with Crippen molar-refractivity contribution in [2.45, 2.75) is 21.7 Å². The van der Waals surface area contributed by atoms with Gasteiger partial charge in [-0.25, -0.2) is 0 Å². The number of anilines is 2. The Morgan fingerprint density at radius 2 is 0.520 bits per heavy atom. The van der Waals surface area contributed by atoms with Crippen molar-refractivity contribution in [2.24, 2.45) is 0 Å². The molecule has 0 unspecified atom stereocenters. The van der Waals surface area contributed by atoms with Crippen molar-refractivity contribution < 1.29 is 0 Å². The third-order valence-corrected chi connectivity index (χ3v) is 9.04. The van der Waals surface area contributed by atoms with Crippen molar-refractivity contribution in [3.05, 3.63) is 130 Å². The summed E-state index contributed by atoms with van der Waals surface area (Å²) in [4.78, 5) is 3.75. The second-order valence-electron chi connectivity index (χ2n) is 11.9. The highest BCUT2D eigenvalue weighted by atomic mass is 15.1. The summed E-state index contributed by atoms with van der Waals surface area (Å²) in [5, 5.41) is 83.2. The highest BCUT2D eigenvalue weighted by Gasteiger charge is 2.57. The topological polar surface area (TPSA) is 197 Å². The van der Waals surface area contributed by atoms with Crippen LogP contribution in [0.2, 0.25) is 0 Å². The molecule has 0 spiro atoms. The van der Waals surface area contributed by atoms with E-state index in [2.05, 4.69) is 24.3 Å². The average Bonchev–Trinajstić information content (AvgIpc) is 3.16. The summed E-state index contributed by atoms with van der Waals surface area (Å²) in [6, 6.07) is 41.1. The van der Waals surface area contributed by atoms with Crippen LogP contribution in [-0.4, -0.2) is 28.2 Å². The third-order valence-electron chi connectivity index (χ3n) is 9.04. The van der Waals surface area contributed by atoms with Crippen LogP contribution in [0.25, 0.3) is 0 Å². The minimum absolute atomic E-state index is 0.00413. The van der Waals surface area contributed by atoms with E-state index in [-0.39, 0.29) is 22.3 Å². The molecule has 0 radical (unpaired) electrons. The first-order valence-corrected chi connectivity index (χ1v) is 15.1. The lowest BCUT2D eigenvalue weighted by atomic mass is 9.59. The molecule has 0 aromatic heterocycles. The van der Waals surface area contributed by atoms with Gasteiger partial charge >= 0.3 is 0 Å². The fourth-order valence-corrected chi connectivity index (χ4v) is 5.94. The molecule has 0 aliphatic rings. The lowest BCUT2D eigenvalue weighted by Gasteiger charge is -2.32. The Labute approximate surface area is 291 Å². The minimum Gasteiger partial charge on any atom is -0.378 e. The summed E-state index contributed by atoms with van der Waals surface area (Å²) in [6.07, 6.45) is 0. The Hall–Kier alpha value is -7.60. The highest BCUT2D eigenvalue weighted by Crippen LogP contribution is 2.45. The number of hydrogen-bond donors (Lipinski definition) is 0. The first kappa shape index (κ1) is 35.3. The molecular formula is C40H28N10. The van der Waals surface area contributed by atoms with Crippen LogP contribution < -0.4 is 9.80 Å². The fraction of sp³-hybridized carbons (Fsp3) is 0.200. The summed E-state index contributed by atoms with van der Waals surface area (Å²) in [5.74, 6) is 0. The molecule has 4 aromatic carbocycles. The van der Waals surface area contributed by atoms with Crippen LogP contribution in [0.3, 0.4) is 0 Å². The summed E-state index contributed by atoms with van der Waals surface area (Å²) in [7, 11) is 7.45. The molecule has 238 valence electrons. The molecule has 0 fully saturated rings. The molecule has 50 heavy (non-hydrogen) atoms. The largest absolute Gasteiger partial charge is 0.378 e. The quantitative estimate of drug-likeness (QED) is 0.215. The Bertz CT molecular complexity index is 2020. The molecule has 0 saturated carbocycles. The van der Waals surface area contributed by atoms with Gasteiger partial charge in [0.25, 0.3) is 0 Å². The van der Waals surface area contributed by atoms with Crippen LogP contribution in [0, 0.1) is 90.6 Å². The van der Waals surface area contributed by atoms with Gasteiger partial charge in [0.05, 0.1) is 48.6 Å². The molecule has 0 N–H and O–H groups in total. The molecule has 0 aliphatic carbocycles. The molecular weight excluding hydrogens is 621 g/mol. The van der Waals surface area contributed by atoms with E-state index in [4.69, 9.17) is 0 Å². The molecule has 0 heterocycles. The van der Waals surface area contributed by atoms with Crippen LogP contribution in [0.15, 0.2) is 97.1 Å². The van der Waals surface area contributed by atoms with Gasteiger partial charge in [0.15, 0.2) is 10.8 Å². The maximum atomic E-state index is 10.6. The lowest BCUT2D eigenvalue weighted by molar-refractivity contribution is 0.523. The fourth-order valence-electron chi connectivity index (χ4n) is 5.94. The van der Waals surface area contributed by atoms with Crippen LogP contribution in [0.1, 0.15) is 33.4 Å². The van der Waals surface area contributed by atoms with Crippen LogP contribution >= 0.6 is 0 Å². The number of benzene rings is 4. The molecule has 0 amide bonds. The van der Waals surface area contributed by atoms with Gasteiger partial charge in [-0.05, 0) is 57.6 Å². The van der Waals surface area contributed by atoms with Gasteiger partial charge in [0, 0.05) is 39.6 Å². The zero-order valence-corrected chi connectivity index (χ0v) is 27.7. The van der Waals surface area contributed by atoms with Gasteiger partial charge in [-0.15, -0.1) is 0 Å². The zero-order valence-electron chi connectivity index (χ0n) is 27.7. The highest BCUT2D eigenvalue weighted by molar-refractivity contribution is 5.63. The second kappa shape index (κ2) is 13.6. The van der Waals surface area contributed by atoms with Crippen molar-refractivity contribution in [3.8, 4) is 48.6 Å². The van der Waals surface area contributed by atoms with Crippen molar-refractivity contribution in [2.75, 3.05) is 38.0 Å². The molecule has 0 bridgehead atoms. The number of nitriles is 8. The van der Waals surface area contributed by atoms with E-state index in [1.54, 1.807) is 48.5 Å². The predicted molar refractivity (Wildman–Crippen MR) is 184 cm³/mol. The van der Waals surface area contributed by atoms with Gasteiger partial charge in [-0.2, -0.15) is 42.1 Å². The van der Waals surface area contributed by atoms with Crippen molar-refractivity contribution >= 4 is 11.4 Å². The summed E-state index contributed by atoms with van der Waals surface area (Å²) >= 11 is 0. The number of nitrogens with zero attached hydrogens (tertiary/aromatic N) is 10. The second-order valence-corrected chi connectivity index (χ2v) is 11.9. The van der Waals surface area contributed by atoms with Gasteiger partial charge in [0.1, 0.15) is 0 Å². The molecule has 10 nitrogen and oxygen atoms in total. The Kier molecular flexibility index (Phi) is 9.61. The molecule has 4 rings (SSSR count). The number of hydrogen-bond acceptors (Lipinski definition) is 10. The van der Waals surface area contributed by atoms with E-state index < -0.39 is 21.7 Å². The molecule has 0 saturated heterocycles. The van der Waals surface area contributed by atoms with E-state index in [0.29, 0.717) is 11.1 Å². The monoisotopic (exact) mass is 648 g/mol. The van der Waals surface area contributed by atoms with Gasteiger partial charge in [0.2, 0.25) is 10.8 Å². The molecule has 0 atom stereocenters. The summed E-state index contributed by atoms with van der Waals surface area (Å²) < 4.78 is 0. The Balaban J connectivity index is 1.83. The first-order chi connectivity index (χ1) is 24.0. The standard InChI is InChI=1S/C40H28N10/c1-49(2)35-17-13-31(14-18-35)37(21-41,22-42)29-5-9-33(10-6-29)39(25-45,26-46)40(27-47,28-48)34-11-7-30(8-12-34)38(23-43,24-44)32-15-19-36(20-16-32)50(3)4/h5-20H,1-4H3. The van der Waals surface area contributed by atoms with Crippen LogP contribution in [-0.2, 0) is 21.7 Å². The Morgan fingerprint density at radius 3 is 0.700 bits per heavy atom. The van der Waals surface area contributed by atoms with Gasteiger partial charge < -0.3 is 9.80 Å². The van der Waals surface area contributed by atoms with Crippen LogP contribution in [0.5, 0.6) is 0 Å². The van der Waals surface area contributed by atoms with Gasteiger partial charge in [-0.1, -0.05) is 72.8 Å². The van der Waals surface area contributed by atoms with E-state index in [1.807, 2.05) is 62.3 Å². The molecule has 10 heteroatoms. The van der Waals surface area contributed by atoms with E-state index in [9.17, 15) is 42.1 Å². The van der Waals surface area contributed by atoms with E-state index in [1.165, 1.54) is 48.5 Å². The summed E-state index contributed by atoms with van der Waals surface area (Å²) in [6.45, 7) is 0. The third kappa shape index (κ3) is 5.24. The summed E-state index contributed by atoms with van der Waals surface area (Å²) in [5.41, 5.74) is -5.15. The van der Waals surface area contributed by atoms with Crippen molar-refractivity contribution in [1.29, 1.82) is 42.1 Å².